The van der Waals surface area contributed by atoms with Gasteiger partial charge in [-0.15, -0.1) is 54.4 Å². The van der Waals surface area contributed by atoms with Crippen molar-refractivity contribution in [2.75, 3.05) is 0 Å². The van der Waals surface area contributed by atoms with E-state index in [0.29, 0.717) is 22.6 Å². The van der Waals surface area contributed by atoms with E-state index in [9.17, 15) is 0 Å². The van der Waals surface area contributed by atoms with Crippen LogP contribution in [0.1, 0.15) is 314 Å². The van der Waals surface area contributed by atoms with E-state index in [1.165, 1.54) is 19.6 Å². The largest absolute Gasteiger partial charge is 0.424 e. The van der Waals surface area contributed by atoms with E-state index < -0.39 is 0 Å². The van der Waals surface area contributed by atoms with E-state index in [2.05, 4.69) is 309 Å². The first-order valence-corrected chi connectivity index (χ1v) is 30.4. The molecule has 0 aliphatic heterocycles. The zero-order chi connectivity index (χ0) is 61.7. The van der Waals surface area contributed by atoms with Crippen LogP contribution in [0.5, 0.6) is 0 Å². The van der Waals surface area contributed by atoms with Crippen molar-refractivity contribution in [3.63, 3.8) is 0 Å². The lowest BCUT2D eigenvalue weighted by Crippen LogP contribution is -2.12. The first kappa shape index (κ1) is 72.5. The average Bonchev–Trinajstić information content (AvgIpc) is 4.06. The molecule has 6 aromatic rings. The van der Waals surface area contributed by atoms with Gasteiger partial charge in [0.05, 0.1) is 16.4 Å². The van der Waals surface area contributed by atoms with E-state index in [1.807, 2.05) is 28.9 Å². The Bertz CT molecular complexity index is 2040. The Labute approximate surface area is 489 Å². The molecule has 0 unspecified atom stereocenters. The van der Waals surface area contributed by atoms with Crippen LogP contribution in [0.15, 0.2) is 43.9 Å². The molecule has 0 radical (unpaired) electrons. The smallest absolute Gasteiger partial charge is 0.221 e. The fraction of sp³-hybridized carbons (Fsp3) is 0.738. The van der Waals surface area contributed by atoms with E-state index in [-0.39, 0.29) is 54.1 Å². The van der Waals surface area contributed by atoms with Crippen LogP contribution in [0.25, 0.3) is 0 Å². The molecule has 0 aliphatic carbocycles. The van der Waals surface area contributed by atoms with Crippen molar-refractivity contribution in [2.45, 2.75) is 314 Å². The molecule has 6 rings (SSSR count). The summed E-state index contributed by atoms with van der Waals surface area (Å²) in [7, 11) is 0. The highest BCUT2D eigenvalue weighted by molar-refractivity contribution is 7.12. The fourth-order valence-electron chi connectivity index (χ4n) is 5.73. The molecule has 0 N–H and O–H groups in total. The third kappa shape index (κ3) is 24.7. The minimum absolute atomic E-state index is 0.0521. The summed E-state index contributed by atoms with van der Waals surface area (Å²) < 4.78 is 16.2. The molecule has 0 spiro atoms. The van der Waals surface area contributed by atoms with Crippen LogP contribution in [-0.4, -0.2) is 35.7 Å². The second-order valence-corrected chi connectivity index (χ2v) is 36.3. The number of rotatable bonds is 0. The highest BCUT2D eigenvalue weighted by atomic mass is 32.1. The van der Waals surface area contributed by atoms with E-state index in [0.717, 1.165) is 32.9 Å². The van der Waals surface area contributed by atoms with Gasteiger partial charge >= 0.3 is 0 Å². The summed E-state index contributed by atoms with van der Waals surface area (Å²) in [5, 5.41) is 28.2. The molecule has 10 nitrogen and oxygen atoms in total. The molecule has 0 fully saturated rings. The predicted octanol–water partition coefficient (Wildman–Crippen LogP) is 20.4. The highest BCUT2D eigenvalue weighted by Gasteiger charge is 2.30. The van der Waals surface area contributed by atoms with Crippen LogP contribution < -0.4 is 0 Å². The zero-order valence-electron chi connectivity index (χ0n) is 56.5. The monoisotopic (exact) mass is 1140 g/mol. The molecule has 0 amide bonds. The van der Waals surface area contributed by atoms with E-state index in [1.54, 1.807) is 11.3 Å². The summed E-state index contributed by atoms with van der Waals surface area (Å²) in [6.45, 7) is 77.9. The molecule has 0 aliphatic rings. The first-order valence-electron chi connectivity index (χ1n) is 28.0. The number of aromatic nitrogens is 7. The second kappa shape index (κ2) is 25.7. The lowest BCUT2D eigenvalue weighted by atomic mass is 9.88. The van der Waals surface area contributed by atoms with Crippen LogP contribution in [0, 0.1) is 0 Å². The van der Waals surface area contributed by atoms with E-state index in [4.69, 9.17) is 13.5 Å². The Balaban J connectivity index is 0.000000468. The summed E-state index contributed by atoms with van der Waals surface area (Å²) in [6.07, 6.45) is 2.02. The summed E-state index contributed by atoms with van der Waals surface area (Å²) >= 11 is 5.51. The van der Waals surface area contributed by atoms with Crippen molar-refractivity contribution in [1.29, 1.82) is 0 Å². The van der Waals surface area contributed by atoms with Gasteiger partial charge in [-0.05, 0) is 28.4 Å². The topological polar surface area (TPSA) is 130 Å². The SMILES string of the molecule is CC(C)(C)c1cc(C(C)(C)C)on1.CC(C)(C)c1cc(C(C)(C)C)on1.CC(C)(C)c1ccc(C(C)(C)C)s1.CC(C)(C)c1cnc(C(C)(C)C)s1.CC(C)(C)c1nnc(C(C)(C)C)o1.CC(C)(C)c1nnc(C(C)(C)C)s1. The third-order valence-corrected chi connectivity index (χ3v) is 17.0. The fourth-order valence-corrected chi connectivity index (χ4v) is 8.85. The Kier molecular flexibility index (Phi) is 23.9. The van der Waals surface area contributed by atoms with Gasteiger partial charge in [0.1, 0.15) is 21.5 Å². The first-order chi connectivity index (χ1) is 34.3. The van der Waals surface area contributed by atoms with Gasteiger partial charge < -0.3 is 13.5 Å². The Morgan fingerprint density at radius 2 is 0.603 bits per heavy atom. The van der Waals surface area contributed by atoms with Crippen molar-refractivity contribution >= 4 is 34.0 Å². The third-order valence-electron chi connectivity index (χ3n) is 11.4. The number of hydrogen-bond donors (Lipinski definition) is 0. The van der Waals surface area contributed by atoms with Gasteiger partial charge in [0.25, 0.3) is 0 Å². The number of thiazole rings is 1. The van der Waals surface area contributed by atoms with Gasteiger partial charge in [-0.1, -0.05) is 260 Å². The van der Waals surface area contributed by atoms with Crippen molar-refractivity contribution in [1.82, 2.24) is 35.7 Å². The molecular weight excluding hydrogens is 1020 g/mol. The molecule has 6 aromatic heterocycles. The van der Waals surface area contributed by atoms with Gasteiger partial charge in [0.2, 0.25) is 11.8 Å². The Morgan fingerprint density at radius 3 is 0.756 bits per heavy atom. The molecule has 0 saturated carbocycles. The van der Waals surface area contributed by atoms with Crippen molar-refractivity contribution < 1.29 is 13.5 Å². The van der Waals surface area contributed by atoms with Crippen LogP contribution in [0.2, 0.25) is 0 Å². The van der Waals surface area contributed by atoms with Gasteiger partial charge in [-0.25, -0.2) is 4.98 Å². The molecule has 444 valence electrons. The van der Waals surface area contributed by atoms with E-state index >= 15 is 0 Å². The minimum Gasteiger partial charge on any atom is -0.424 e. The molecule has 6 heterocycles. The van der Waals surface area contributed by atoms with Crippen LogP contribution in [-0.2, 0) is 65.0 Å². The molecule has 78 heavy (non-hydrogen) atoms. The van der Waals surface area contributed by atoms with Crippen molar-refractivity contribution in [3.8, 4) is 0 Å². The molecular formula is C65H113N7O3S3. The molecule has 0 atom stereocenters. The minimum atomic E-state index is -0.0590. The normalized spacial score (nSPS) is 13.4. The summed E-state index contributed by atoms with van der Waals surface area (Å²) in [5.74, 6) is 3.32. The predicted molar refractivity (Wildman–Crippen MR) is 338 cm³/mol. The standard InChI is InChI=1S/C12H20S.2C11H19NO.C11H19NS.C10H18N2O.C10H18N2S/c1-11(2,3)9-7-8-10(13-9)12(4,5)6;2*1-10(2,3)8-7-9(13-12-8)11(4,5)6;1-10(2,3)8-7-12-9(13-8)11(4,5)6;2*1-9(2,3)7-11-12-8(13-7)10(4,5)6/h7-8H,1-6H3;3*7H,1-6H3;2*1-6H3. The van der Waals surface area contributed by atoms with Crippen molar-refractivity contribution in [3.05, 3.63) is 94.8 Å². The summed E-state index contributed by atoms with van der Waals surface area (Å²) in [5.41, 5.74) is 3.47. The molecule has 0 aromatic carbocycles. The number of thiophene rings is 1. The summed E-state index contributed by atoms with van der Waals surface area (Å²) in [6, 6.07) is 8.65. The number of nitrogens with zero attached hydrogens (tertiary/aromatic N) is 7. The van der Waals surface area contributed by atoms with Crippen LogP contribution in [0.3, 0.4) is 0 Å². The lowest BCUT2D eigenvalue weighted by molar-refractivity contribution is 0.319. The summed E-state index contributed by atoms with van der Waals surface area (Å²) in [4.78, 5) is 8.81. The molecule has 13 heteroatoms. The second-order valence-electron chi connectivity index (χ2n) is 33.2. The van der Waals surface area contributed by atoms with Gasteiger partial charge in [0, 0.05) is 81.7 Å². The van der Waals surface area contributed by atoms with Crippen LogP contribution >= 0.6 is 34.0 Å². The van der Waals surface area contributed by atoms with Gasteiger partial charge in [0.15, 0.2) is 0 Å². The van der Waals surface area contributed by atoms with Crippen LogP contribution in [0.4, 0.5) is 0 Å². The number of hydrogen-bond acceptors (Lipinski definition) is 13. The maximum atomic E-state index is 5.59. The van der Waals surface area contributed by atoms with Gasteiger partial charge in [-0.3, -0.25) is 0 Å². The quantitative estimate of drug-likeness (QED) is 0.145. The zero-order valence-corrected chi connectivity index (χ0v) is 58.9. The average molecular weight is 1140 g/mol. The highest BCUT2D eigenvalue weighted by Crippen LogP contribution is 2.37. The molecule has 0 saturated heterocycles. The maximum absolute atomic E-state index is 5.59. The molecule has 0 bridgehead atoms. The maximum Gasteiger partial charge on any atom is 0.221 e. The Morgan fingerprint density at radius 1 is 0.295 bits per heavy atom. The van der Waals surface area contributed by atoms with Crippen molar-refractivity contribution in [2.24, 2.45) is 0 Å². The van der Waals surface area contributed by atoms with Gasteiger partial charge in [-0.2, -0.15) is 0 Å². The lowest BCUT2D eigenvalue weighted by Gasteiger charge is -2.18. The Hall–Kier alpha value is -3.55.